The van der Waals surface area contributed by atoms with Crippen LogP contribution in [0.25, 0.3) is 17.1 Å². The molecule has 3 heterocycles. The zero-order chi connectivity index (χ0) is 19.0. The number of benzene rings is 1. The van der Waals surface area contributed by atoms with Crippen molar-refractivity contribution in [3.8, 4) is 11.7 Å². The summed E-state index contributed by atoms with van der Waals surface area (Å²) >= 11 is 0. The van der Waals surface area contributed by atoms with Crippen LogP contribution in [0.15, 0.2) is 47.8 Å². The van der Waals surface area contributed by atoms with Crippen LogP contribution in [0.2, 0.25) is 0 Å². The molecule has 0 saturated carbocycles. The van der Waals surface area contributed by atoms with Crippen LogP contribution in [0.3, 0.4) is 0 Å². The van der Waals surface area contributed by atoms with Gasteiger partial charge in [-0.2, -0.15) is 10.1 Å². The van der Waals surface area contributed by atoms with Gasteiger partial charge in [-0.15, -0.1) is 0 Å². The molecule has 0 bridgehead atoms. The van der Waals surface area contributed by atoms with Crippen molar-refractivity contribution < 1.29 is 14.6 Å². The number of carbonyl (C=O) groups is 1. The number of aromatic carboxylic acids is 1. The van der Waals surface area contributed by atoms with Gasteiger partial charge < -0.3 is 14.4 Å². The molecule has 136 valence electrons. The van der Waals surface area contributed by atoms with E-state index in [4.69, 9.17) is 9.84 Å². The Labute approximate surface area is 151 Å². The number of nitrogens with one attached hydrogen (secondary N) is 1. The summed E-state index contributed by atoms with van der Waals surface area (Å²) < 4.78 is 8.02. The highest BCUT2D eigenvalue weighted by molar-refractivity contribution is 5.86. The normalized spacial score (nSPS) is 11.0. The number of carboxylic acid groups (broad SMARTS) is 1. The highest BCUT2D eigenvalue weighted by atomic mass is 16.5. The second kappa shape index (κ2) is 6.41. The number of H-pyrrole nitrogens is 1. The fourth-order valence-corrected chi connectivity index (χ4v) is 2.68. The maximum absolute atomic E-state index is 12.6. The average Bonchev–Trinajstić information content (AvgIpc) is 3.30. The van der Waals surface area contributed by atoms with Gasteiger partial charge in [0.15, 0.2) is 11.2 Å². The molecule has 0 aliphatic carbocycles. The van der Waals surface area contributed by atoms with E-state index < -0.39 is 11.5 Å². The van der Waals surface area contributed by atoms with Crippen LogP contribution in [0.4, 0.5) is 0 Å². The number of carboxylic acids is 1. The van der Waals surface area contributed by atoms with Gasteiger partial charge in [-0.1, -0.05) is 12.1 Å². The maximum atomic E-state index is 12.6. The summed E-state index contributed by atoms with van der Waals surface area (Å²) in [5, 5.41) is 12.9. The summed E-state index contributed by atoms with van der Waals surface area (Å²) in [7, 11) is 1.60. The van der Waals surface area contributed by atoms with Crippen LogP contribution in [0, 0.1) is 0 Å². The monoisotopic (exact) mass is 366 g/mol. The molecule has 0 spiro atoms. The Balaban J connectivity index is 1.70. The number of nitrogens with zero attached hydrogens (tertiary/aromatic N) is 5. The predicted molar refractivity (Wildman–Crippen MR) is 94.3 cm³/mol. The third-order valence-corrected chi connectivity index (χ3v) is 4.03. The molecule has 0 fully saturated rings. The number of hydrogen-bond acceptors (Lipinski definition) is 6. The lowest BCUT2D eigenvalue weighted by atomic mass is 10.2. The molecule has 0 saturated heterocycles. The van der Waals surface area contributed by atoms with Crippen molar-refractivity contribution in [2.45, 2.75) is 6.54 Å². The second-order valence-corrected chi connectivity index (χ2v) is 5.76. The third kappa shape index (κ3) is 3.03. The molecule has 10 nitrogen and oxygen atoms in total. The Kier molecular flexibility index (Phi) is 3.92. The van der Waals surface area contributed by atoms with Gasteiger partial charge in [0.05, 0.1) is 25.2 Å². The molecule has 2 N–H and O–H groups in total. The molecule has 0 radical (unpaired) electrons. The summed E-state index contributed by atoms with van der Waals surface area (Å²) in [6, 6.07) is 7.48. The molecule has 4 rings (SSSR count). The van der Waals surface area contributed by atoms with E-state index in [1.807, 2.05) is 24.3 Å². The van der Waals surface area contributed by atoms with Crippen molar-refractivity contribution in [2.75, 3.05) is 7.11 Å². The summed E-state index contributed by atoms with van der Waals surface area (Å²) in [5.41, 5.74) is 1.13. The standard InChI is InChI=1S/C17H14N6O4/c1-27-12-4-2-10(3-5-12)7-22-9-18-14-13(22)15(24)21-17(20-14)23-8-11(6-19-23)16(25)26/h2-6,8-9H,7H2,1H3,(H,25,26)(H,20,21,24). The fourth-order valence-electron chi connectivity index (χ4n) is 2.68. The van der Waals surface area contributed by atoms with Gasteiger partial charge >= 0.3 is 5.97 Å². The molecule has 0 amide bonds. The molecule has 0 atom stereocenters. The topological polar surface area (TPSA) is 128 Å². The van der Waals surface area contributed by atoms with Crippen molar-refractivity contribution in [1.29, 1.82) is 0 Å². The van der Waals surface area contributed by atoms with Crippen molar-refractivity contribution in [3.05, 3.63) is 64.5 Å². The zero-order valence-electron chi connectivity index (χ0n) is 14.2. The minimum atomic E-state index is -1.12. The molecule has 3 aromatic heterocycles. The molecule has 1 aromatic carbocycles. The van der Waals surface area contributed by atoms with Crippen LogP contribution < -0.4 is 10.3 Å². The highest BCUT2D eigenvalue weighted by Crippen LogP contribution is 2.14. The summed E-state index contributed by atoms with van der Waals surface area (Å²) in [6.45, 7) is 0.440. The van der Waals surface area contributed by atoms with E-state index in [-0.39, 0.29) is 17.2 Å². The molecular formula is C17H14N6O4. The van der Waals surface area contributed by atoms with E-state index in [1.54, 1.807) is 11.7 Å². The van der Waals surface area contributed by atoms with Gasteiger partial charge in [0.1, 0.15) is 5.75 Å². The first-order chi connectivity index (χ1) is 13.0. The van der Waals surface area contributed by atoms with Gasteiger partial charge in [-0.25, -0.2) is 14.5 Å². The number of methoxy groups -OCH3 is 1. The quantitative estimate of drug-likeness (QED) is 0.540. The molecule has 0 aliphatic heterocycles. The molecular weight excluding hydrogens is 352 g/mol. The minimum Gasteiger partial charge on any atom is -0.497 e. The molecule has 10 heteroatoms. The summed E-state index contributed by atoms with van der Waals surface area (Å²) in [4.78, 5) is 34.6. The van der Waals surface area contributed by atoms with Crippen molar-refractivity contribution in [2.24, 2.45) is 0 Å². The first kappa shape index (κ1) is 16.5. The van der Waals surface area contributed by atoms with Crippen molar-refractivity contribution >= 4 is 17.1 Å². The van der Waals surface area contributed by atoms with Gasteiger partial charge in [0.2, 0.25) is 5.95 Å². The average molecular weight is 366 g/mol. The second-order valence-electron chi connectivity index (χ2n) is 5.76. The lowest BCUT2D eigenvalue weighted by molar-refractivity contribution is 0.0697. The largest absolute Gasteiger partial charge is 0.497 e. The van der Waals surface area contributed by atoms with Crippen LogP contribution in [-0.2, 0) is 6.54 Å². The number of aromatic nitrogens is 6. The van der Waals surface area contributed by atoms with E-state index in [0.717, 1.165) is 11.3 Å². The SMILES string of the molecule is COc1ccc(Cn2cnc3nc(-n4cc(C(=O)O)cn4)[nH]c(=O)c32)cc1. The summed E-state index contributed by atoms with van der Waals surface area (Å²) in [6.07, 6.45) is 3.97. The molecule has 0 unspecified atom stereocenters. The van der Waals surface area contributed by atoms with Crippen molar-refractivity contribution in [1.82, 2.24) is 29.3 Å². The Morgan fingerprint density at radius 2 is 2.07 bits per heavy atom. The van der Waals surface area contributed by atoms with Gasteiger partial charge in [0, 0.05) is 12.7 Å². The third-order valence-electron chi connectivity index (χ3n) is 4.03. The smallest absolute Gasteiger partial charge is 0.338 e. The molecule has 27 heavy (non-hydrogen) atoms. The van der Waals surface area contributed by atoms with E-state index in [9.17, 15) is 9.59 Å². The van der Waals surface area contributed by atoms with Crippen LogP contribution in [-0.4, -0.2) is 47.5 Å². The first-order valence-corrected chi connectivity index (χ1v) is 7.91. The van der Waals surface area contributed by atoms with Gasteiger partial charge in [-0.05, 0) is 17.7 Å². The number of ether oxygens (including phenoxy) is 1. The fraction of sp³-hybridized carbons (Fsp3) is 0.118. The van der Waals surface area contributed by atoms with Crippen LogP contribution in [0.1, 0.15) is 15.9 Å². The lowest BCUT2D eigenvalue weighted by Crippen LogP contribution is -2.16. The Morgan fingerprint density at radius 1 is 1.30 bits per heavy atom. The Bertz CT molecular complexity index is 1190. The van der Waals surface area contributed by atoms with Crippen molar-refractivity contribution in [3.63, 3.8) is 0 Å². The highest BCUT2D eigenvalue weighted by Gasteiger charge is 2.14. The lowest BCUT2D eigenvalue weighted by Gasteiger charge is -2.06. The predicted octanol–water partition coefficient (Wildman–Crippen LogP) is 1.06. The Hall–Kier alpha value is -3.95. The van der Waals surface area contributed by atoms with Crippen LogP contribution in [0.5, 0.6) is 5.75 Å². The van der Waals surface area contributed by atoms with Crippen LogP contribution >= 0.6 is 0 Å². The van der Waals surface area contributed by atoms with E-state index in [0.29, 0.717) is 12.1 Å². The molecule has 4 aromatic rings. The van der Waals surface area contributed by atoms with E-state index in [1.165, 1.54) is 23.4 Å². The van der Waals surface area contributed by atoms with E-state index >= 15 is 0 Å². The molecule has 0 aliphatic rings. The summed E-state index contributed by atoms with van der Waals surface area (Å²) in [5.74, 6) is -0.276. The van der Waals surface area contributed by atoms with Gasteiger partial charge in [0.25, 0.3) is 5.56 Å². The number of aromatic amines is 1. The number of rotatable bonds is 5. The number of imidazole rings is 1. The van der Waals surface area contributed by atoms with Gasteiger partial charge in [-0.3, -0.25) is 9.78 Å². The Morgan fingerprint density at radius 3 is 2.74 bits per heavy atom. The first-order valence-electron chi connectivity index (χ1n) is 7.91. The minimum absolute atomic E-state index is 0.0113. The number of fused-ring (bicyclic) bond motifs is 1. The zero-order valence-corrected chi connectivity index (χ0v) is 14.2. The van der Waals surface area contributed by atoms with E-state index in [2.05, 4.69) is 20.1 Å². The number of hydrogen-bond donors (Lipinski definition) is 2. The maximum Gasteiger partial charge on any atom is 0.338 e.